The van der Waals surface area contributed by atoms with Gasteiger partial charge in [-0.25, -0.2) is 4.52 Å². The van der Waals surface area contributed by atoms with E-state index in [0.717, 1.165) is 23.5 Å². The monoisotopic (exact) mass is 285 g/mol. The maximum absolute atomic E-state index is 11.9. The zero-order chi connectivity index (χ0) is 14.5. The van der Waals surface area contributed by atoms with E-state index in [9.17, 15) is 4.79 Å². The van der Waals surface area contributed by atoms with Crippen molar-refractivity contribution in [2.24, 2.45) is 5.92 Å². The molecule has 4 heteroatoms. The number of carbonyl (C=O) groups excluding carboxylic acids is 1. The van der Waals surface area contributed by atoms with E-state index in [-0.39, 0.29) is 5.91 Å². The van der Waals surface area contributed by atoms with Gasteiger partial charge in [0, 0.05) is 12.6 Å². The average molecular weight is 285 g/mol. The van der Waals surface area contributed by atoms with Gasteiger partial charge in [0.2, 0.25) is 5.91 Å². The number of amides is 1. The summed E-state index contributed by atoms with van der Waals surface area (Å²) in [6, 6.07) is 7.97. The van der Waals surface area contributed by atoms with Crippen LogP contribution in [0.4, 0.5) is 0 Å². The lowest BCUT2D eigenvalue weighted by molar-refractivity contribution is -0.121. The number of carbonyl (C=O) groups is 1. The largest absolute Gasteiger partial charge is 0.350 e. The Morgan fingerprint density at radius 2 is 2.14 bits per heavy atom. The van der Waals surface area contributed by atoms with Crippen molar-refractivity contribution in [3.8, 4) is 0 Å². The SMILES string of the molecule is O=C(CCC1CCCCC1)NCc1cc2ccccn2n1. The Hall–Kier alpha value is -1.84. The summed E-state index contributed by atoms with van der Waals surface area (Å²) in [5.74, 6) is 0.914. The third-order valence-corrected chi connectivity index (χ3v) is 4.39. The van der Waals surface area contributed by atoms with E-state index in [1.54, 1.807) is 0 Å². The molecule has 1 amide bonds. The second-order valence-electron chi connectivity index (χ2n) is 6.03. The normalized spacial score (nSPS) is 16.2. The lowest BCUT2D eigenvalue weighted by Crippen LogP contribution is -2.23. The zero-order valence-corrected chi connectivity index (χ0v) is 12.4. The molecular weight excluding hydrogens is 262 g/mol. The summed E-state index contributed by atoms with van der Waals surface area (Å²) in [7, 11) is 0. The number of pyridine rings is 1. The van der Waals surface area contributed by atoms with Crippen molar-refractivity contribution in [2.45, 2.75) is 51.5 Å². The topological polar surface area (TPSA) is 46.4 Å². The lowest BCUT2D eigenvalue weighted by atomic mass is 9.86. The molecule has 0 atom stereocenters. The highest BCUT2D eigenvalue weighted by Gasteiger charge is 2.14. The van der Waals surface area contributed by atoms with Crippen LogP contribution in [0.3, 0.4) is 0 Å². The maximum atomic E-state index is 11.9. The van der Waals surface area contributed by atoms with Crippen molar-refractivity contribution >= 4 is 11.4 Å². The molecule has 1 N–H and O–H groups in total. The van der Waals surface area contributed by atoms with Crippen LogP contribution in [0, 0.1) is 5.92 Å². The van der Waals surface area contributed by atoms with Gasteiger partial charge in [0.25, 0.3) is 0 Å². The maximum Gasteiger partial charge on any atom is 0.220 e. The van der Waals surface area contributed by atoms with Gasteiger partial charge in [0.1, 0.15) is 0 Å². The summed E-state index contributed by atoms with van der Waals surface area (Å²) in [5, 5.41) is 7.42. The molecule has 1 aliphatic carbocycles. The van der Waals surface area contributed by atoms with Crippen molar-refractivity contribution < 1.29 is 4.79 Å². The molecule has 112 valence electrons. The Kier molecular flexibility index (Phi) is 4.53. The number of fused-ring (bicyclic) bond motifs is 1. The smallest absolute Gasteiger partial charge is 0.220 e. The first-order chi connectivity index (χ1) is 10.3. The van der Waals surface area contributed by atoms with Gasteiger partial charge < -0.3 is 5.32 Å². The van der Waals surface area contributed by atoms with E-state index in [1.165, 1.54) is 32.1 Å². The lowest BCUT2D eigenvalue weighted by Gasteiger charge is -2.20. The summed E-state index contributed by atoms with van der Waals surface area (Å²) < 4.78 is 1.84. The fourth-order valence-corrected chi connectivity index (χ4v) is 3.17. The summed E-state index contributed by atoms with van der Waals surface area (Å²) in [6.07, 6.45) is 10.3. The second kappa shape index (κ2) is 6.74. The Morgan fingerprint density at radius 1 is 1.29 bits per heavy atom. The van der Waals surface area contributed by atoms with Crippen LogP contribution in [0.1, 0.15) is 50.6 Å². The van der Waals surface area contributed by atoms with E-state index in [2.05, 4.69) is 10.4 Å². The summed E-state index contributed by atoms with van der Waals surface area (Å²) in [6.45, 7) is 0.519. The van der Waals surface area contributed by atoms with Crippen LogP contribution >= 0.6 is 0 Å². The van der Waals surface area contributed by atoms with Crippen molar-refractivity contribution in [1.82, 2.24) is 14.9 Å². The van der Waals surface area contributed by atoms with Gasteiger partial charge >= 0.3 is 0 Å². The average Bonchev–Trinajstić information content (AvgIpc) is 2.95. The van der Waals surface area contributed by atoms with Crippen LogP contribution in [-0.4, -0.2) is 15.5 Å². The number of hydrogen-bond acceptors (Lipinski definition) is 2. The standard InChI is InChI=1S/C17H23N3O/c21-17(10-9-14-6-2-1-3-7-14)18-13-15-12-16-8-4-5-11-20(16)19-15/h4-5,8,11-12,14H,1-3,6-7,9-10,13H2,(H,18,21). The summed E-state index contributed by atoms with van der Waals surface area (Å²) in [4.78, 5) is 11.9. The molecule has 2 heterocycles. The van der Waals surface area contributed by atoms with Crippen LogP contribution < -0.4 is 5.32 Å². The fraction of sp³-hybridized carbons (Fsp3) is 0.529. The minimum atomic E-state index is 0.151. The van der Waals surface area contributed by atoms with Crippen LogP contribution in [0.2, 0.25) is 0 Å². The summed E-state index contributed by atoms with van der Waals surface area (Å²) >= 11 is 0. The van der Waals surface area contributed by atoms with E-state index in [0.29, 0.717) is 13.0 Å². The van der Waals surface area contributed by atoms with Gasteiger partial charge in [-0.1, -0.05) is 38.2 Å². The van der Waals surface area contributed by atoms with E-state index in [4.69, 9.17) is 0 Å². The van der Waals surface area contributed by atoms with E-state index >= 15 is 0 Å². The molecule has 3 rings (SSSR count). The Balaban J connectivity index is 1.44. The third-order valence-electron chi connectivity index (χ3n) is 4.39. The van der Waals surface area contributed by atoms with Crippen LogP contribution in [0.15, 0.2) is 30.5 Å². The number of rotatable bonds is 5. The summed E-state index contributed by atoms with van der Waals surface area (Å²) in [5.41, 5.74) is 1.97. The molecule has 2 aromatic rings. The van der Waals surface area contributed by atoms with Crippen molar-refractivity contribution in [3.63, 3.8) is 0 Å². The Bertz CT molecular complexity index is 566. The van der Waals surface area contributed by atoms with Crippen molar-refractivity contribution in [2.75, 3.05) is 0 Å². The third kappa shape index (κ3) is 3.84. The molecular formula is C17H23N3O. The first-order valence-electron chi connectivity index (χ1n) is 8.01. The Labute approximate surface area is 125 Å². The quantitative estimate of drug-likeness (QED) is 0.916. The van der Waals surface area contributed by atoms with Gasteiger partial charge in [-0.2, -0.15) is 5.10 Å². The van der Waals surface area contributed by atoms with Gasteiger partial charge in [0.05, 0.1) is 17.8 Å². The molecule has 1 aliphatic rings. The number of hydrogen-bond donors (Lipinski definition) is 1. The van der Waals surface area contributed by atoms with Crippen molar-refractivity contribution in [1.29, 1.82) is 0 Å². The predicted octanol–water partition coefficient (Wildman–Crippen LogP) is 3.31. The number of nitrogens with zero attached hydrogens (tertiary/aromatic N) is 2. The van der Waals surface area contributed by atoms with Gasteiger partial charge in [-0.3, -0.25) is 4.79 Å². The van der Waals surface area contributed by atoms with Gasteiger partial charge in [-0.05, 0) is 30.5 Å². The zero-order valence-electron chi connectivity index (χ0n) is 12.4. The molecule has 0 spiro atoms. The first-order valence-corrected chi connectivity index (χ1v) is 8.01. The highest BCUT2D eigenvalue weighted by atomic mass is 16.1. The van der Waals surface area contributed by atoms with Crippen LogP contribution in [0.5, 0.6) is 0 Å². The second-order valence-corrected chi connectivity index (χ2v) is 6.03. The molecule has 0 aromatic carbocycles. The number of aromatic nitrogens is 2. The molecule has 0 aliphatic heterocycles. The van der Waals surface area contributed by atoms with E-state index < -0.39 is 0 Å². The van der Waals surface area contributed by atoms with Crippen molar-refractivity contribution in [3.05, 3.63) is 36.2 Å². The molecule has 0 bridgehead atoms. The molecule has 21 heavy (non-hydrogen) atoms. The molecule has 1 fully saturated rings. The predicted molar refractivity (Wildman–Crippen MR) is 82.8 cm³/mol. The van der Waals surface area contributed by atoms with Crippen LogP contribution in [-0.2, 0) is 11.3 Å². The molecule has 0 unspecified atom stereocenters. The molecule has 0 saturated heterocycles. The molecule has 4 nitrogen and oxygen atoms in total. The Morgan fingerprint density at radius 3 is 2.95 bits per heavy atom. The first kappa shape index (κ1) is 14.1. The van der Waals surface area contributed by atoms with Crippen LogP contribution in [0.25, 0.3) is 5.52 Å². The fourth-order valence-electron chi connectivity index (χ4n) is 3.17. The molecule has 1 saturated carbocycles. The minimum absolute atomic E-state index is 0.151. The molecule has 2 aromatic heterocycles. The van der Waals surface area contributed by atoms with Gasteiger partial charge in [-0.15, -0.1) is 0 Å². The van der Waals surface area contributed by atoms with Gasteiger partial charge in [0.15, 0.2) is 0 Å². The molecule has 0 radical (unpaired) electrons. The highest BCUT2D eigenvalue weighted by Crippen LogP contribution is 2.27. The minimum Gasteiger partial charge on any atom is -0.350 e. The highest BCUT2D eigenvalue weighted by molar-refractivity contribution is 5.75. The number of nitrogens with one attached hydrogen (secondary N) is 1. The van der Waals surface area contributed by atoms with E-state index in [1.807, 2.05) is 35.0 Å².